The molecule has 3 N–H and O–H groups in total. The van der Waals surface area contributed by atoms with Gasteiger partial charge in [0, 0.05) is 23.5 Å². The van der Waals surface area contributed by atoms with Crippen LogP contribution in [0.15, 0.2) is 22.1 Å². The van der Waals surface area contributed by atoms with Gasteiger partial charge in [0.15, 0.2) is 0 Å². The number of pyridine rings is 1. The third-order valence-corrected chi connectivity index (χ3v) is 5.87. The molecule has 152 valence electrons. The molecule has 7 heteroatoms. The number of H-pyrrole nitrogens is 1. The number of nitrogens with two attached hydrogens (primary N) is 1. The zero-order chi connectivity index (χ0) is 20.5. The molecule has 0 bridgehead atoms. The number of aromatic nitrogens is 4. The Morgan fingerprint density at radius 2 is 2.14 bits per heavy atom. The van der Waals surface area contributed by atoms with Crippen LogP contribution in [0.5, 0.6) is 0 Å². The number of nitrogens with zero attached hydrogens (tertiary/aromatic N) is 3. The first-order chi connectivity index (χ1) is 14.0. The Hall–Kier alpha value is -3.09. The van der Waals surface area contributed by atoms with Crippen molar-refractivity contribution in [3.63, 3.8) is 0 Å². The lowest BCUT2D eigenvalue weighted by atomic mass is 9.89. The molecule has 1 aliphatic rings. The minimum atomic E-state index is -0.114. The molecular weight excluding hydrogens is 366 g/mol. The zero-order valence-corrected chi connectivity index (χ0v) is 17.0. The average molecular weight is 393 g/mol. The van der Waals surface area contributed by atoms with Gasteiger partial charge in [-0.25, -0.2) is 4.79 Å². The van der Waals surface area contributed by atoms with Gasteiger partial charge in [0.25, 0.3) is 0 Å². The molecule has 0 aliphatic heterocycles. The van der Waals surface area contributed by atoms with Crippen molar-refractivity contribution in [3.8, 4) is 0 Å². The Balaban J connectivity index is 1.85. The van der Waals surface area contributed by atoms with Gasteiger partial charge < -0.3 is 15.2 Å². The van der Waals surface area contributed by atoms with Crippen LogP contribution in [0.1, 0.15) is 49.1 Å². The normalized spacial score (nSPS) is 16.8. The Bertz CT molecular complexity index is 1220. The van der Waals surface area contributed by atoms with Crippen molar-refractivity contribution < 1.29 is 4.52 Å². The highest BCUT2D eigenvalue weighted by atomic mass is 16.5. The third-order valence-electron chi connectivity index (χ3n) is 5.87. The fourth-order valence-corrected chi connectivity index (χ4v) is 4.46. The summed E-state index contributed by atoms with van der Waals surface area (Å²) in [5.74, 6) is 1.22. The van der Waals surface area contributed by atoms with Crippen LogP contribution in [0.2, 0.25) is 0 Å². The van der Waals surface area contributed by atoms with E-state index in [4.69, 9.17) is 10.3 Å². The Morgan fingerprint density at radius 1 is 1.38 bits per heavy atom. The van der Waals surface area contributed by atoms with E-state index in [0.717, 1.165) is 40.4 Å². The number of hydrogen-bond donors (Lipinski definition) is 2. The predicted octanol–water partition coefficient (Wildman–Crippen LogP) is 2.10. The molecule has 0 spiro atoms. The Labute approximate surface area is 168 Å². The van der Waals surface area contributed by atoms with Crippen LogP contribution in [0.3, 0.4) is 0 Å². The summed E-state index contributed by atoms with van der Waals surface area (Å²) in [6, 6.07) is 0. The lowest BCUT2D eigenvalue weighted by Crippen LogP contribution is -2.33. The molecular formula is C22H27N5O2. The number of aryl methyl sites for hydroxylation is 2. The highest BCUT2D eigenvalue weighted by molar-refractivity contribution is 5.89. The number of hydrogen-bond acceptors (Lipinski definition) is 5. The fourth-order valence-electron chi connectivity index (χ4n) is 4.46. The van der Waals surface area contributed by atoms with Gasteiger partial charge >= 0.3 is 5.69 Å². The monoisotopic (exact) mass is 393 g/mol. The van der Waals surface area contributed by atoms with Crippen molar-refractivity contribution in [3.05, 3.63) is 50.8 Å². The van der Waals surface area contributed by atoms with Crippen molar-refractivity contribution in [1.29, 1.82) is 0 Å². The number of nitrogens with one attached hydrogen (secondary N) is 1. The van der Waals surface area contributed by atoms with Crippen LogP contribution in [0.25, 0.3) is 28.9 Å². The molecule has 29 heavy (non-hydrogen) atoms. The summed E-state index contributed by atoms with van der Waals surface area (Å²) in [5.41, 5.74) is 9.78. The van der Waals surface area contributed by atoms with Crippen molar-refractivity contribution in [2.75, 3.05) is 0 Å². The standard InChI is InChI=1S/C22H27N5O2/c1-13(20-14(2)26-29-15(20)3)9-18-17(10-23)21-19(11-24-18)25-22(28)27(21)12-16-7-5-4-6-8-16/h9-11,16H,1,4-8,12,23H2,2-3H3,(H,25,28)/b17-10+,18-9+. The van der Waals surface area contributed by atoms with Gasteiger partial charge in [0.1, 0.15) is 5.76 Å². The second-order valence-corrected chi connectivity index (χ2v) is 7.90. The smallest absolute Gasteiger partial charge is 0.326 e. The van der Waals surface area contributed by atoms with Crippen LogP contribution < -0.4 is 22.0 Å². The van der Waals surface area contributed by atoms with E-state index < -0.39 is 0 Å². The van der Waals surface area contributed by atoms with E-state index in [9.17, 15) is 4.79 Å². The van der Waals surface area contributed by atoms with Crippen LogP contribution >= 0.6 is 0 Å². The number of allylic oxidation sites excluding steroid dienone is 1. The Kier molecular flexibility index (Phi) is 5.13. The summed E-state index contributed by atoms with van der Waals surface area (Å²) >= 11 is 0. The number of aromatic amines is 1. The van der Waals surface area contributed by atoms with E-state index in [2.05, 4.69) is 21.7 Å². The molecule has 1 saturated carbocycles. The second kappa shape index (κ2) is 7.73. The number of fused-ring (bicyclic) bond motifs is 1. The first-order valence-corrected chi connectivity index (χ1v) is 10.1. The summed E-state index contributed by atoms with van der Waals surface area (Å²) < 4.78 is 7.07. The van der Waals surface area contributed by atoms with Crippen molar-refractivity contribution in [2.45, 2.75) is 52.5 Å². The second-order valence-electron chi connectivity index (χ2n) is 7.90. The van der Waals surface area contributed by atoms with Crippen LogP contribution in [0, 0.1) is 19.8 Å². The molecule has 3 aromatic rings. The topological polar surface area (TPSA) is 103 Å². The van der Waals surface area contributed by atoms with Gasteiger partial charge in [0.2, 0.25) is 0 Å². The number of rotatable bonds is 4. The maximum Gasteiger partial charge on any atom is 0.326 e. The van der Waals surface area contributed by atoms with Crippen LogP contribution in [-0.4, -0.2) is 19.7 Å². The largest absolute Gasteiger partial charge is 0.404 e. The minimum absolute atomic E-state index is 0.114. The molecule has 7 nitrogen and oxygen atoms in total. The summed E-state index contributed by atoms with van der Waals surface area (Å²) in [7, 11) is 0. The third kappa shape index (κ3) is 3.52. The fraction of sp³-hybridized carbons (Fsp3) is 0.409. The first-order valence-electron chi connectivity index (χ1n) is 10.1. The van der Waals surface area contributed by atoms with E-state index in [-0.39, 0.29) is 5.69 Å². The Morgan fingerprint density at radius 3 is 2.79 bits per heavy atom. The summed E-state index contributed by atoms with van der Waals surface area (Å²) in [5, 5.41) is 5.39. The van der Waals surface area contributed by atoms with Crippen molar-refractivity contribution in [2.24, 2.45) is 11.7 Å². The lowest BCUT2D eigenvalue weighted by molar-refractivity contribution is 0.319. The molecule has 3 aromatic heterocycles. The molecule has 0 amide bonds. The van der Waals surface area contributed by atoms with Crippen molar-refractivity contribution >= 4 is 28.9 Å². The molecule has 1 aliphatic carbocycles. The lowest BCUT2D eigenvalue weighted by Gasteiger charge is -2.21. The van der Waals surface area contributed by atoms with Gasteiger partial charge in [-0.3, -0.25) is 9.55 Å². The highest BCUT2D eigenvalue weighted by Gasteiger charge is 2.18. The first kappa shape index (κ1) is 19.2. The molecule has 0 unspecified atom stereocenters. The molecule has 1 fully saturated rings. The van der Waals surface area contributed by atoms with Crippen molar-refractivity contribution in [1.82, 2.24) is 19.7 Å². The van der Waals surface area contributed by atoms with Gasteiger partial charge in [0.05, 0.1) is 28.3 Å². The number of imidazole rings is 1. The average Bonchev–Trinajstić information content (AvgIpc) is 3.21. The van der Waals surface area contributed by atoms with Gasteiger partial charge in [-0.1, -0.05) is 31.0 Å². The summed E-state index contributed by atoms with van der Waals surface area (Å²) in [6.07, 6.45) is 11.1. The van der Waals surface area contributed by atoms with Gasteiger partial charge in [-0.05, 0) is 44.3 Å². The zero-order valence-electron chi connectivity index (χ0n) is 17.0. The van der Waals surface area contributed by atoms with E-state index in [0.29, 0.717) is 29.1 Å². The molecule has 3 heterocycles. The predicted molar refractivity (Wildman–Crippen MR) is 114 cm³/mol. The van der Waals surface area contributed by atoms with Gasteiger partial charge in [-0.2, -0.15) is 0 Å². The van der Waals surface area contributed by atoms with Crippen LogP contribution in [-0.2, 0) is 6.54 Å². The SMILES string of the molecule is C=C(/C=c1/ncc2[nH]c(=O)n(CC3CCCCC3)c2/c1=C/N)c1c(C)noc1C. The molecule has 0 aromatic carbocycles. The van der Waals surface area contributed by atoms with E-state index in [1.807, 2.05) is 24.5 Å². The van der Waals surface area contributed by atoms with E-state index in [1.54, 1.807) is 6.20 Å². The quantitative estimate of drug-likeness (QED) is 0.707. The van der Waals surface area contributed by atoms with E-state index in [1.165, 1.54) is 25.5 Å². The molecule has 0 saturated heterocycles. The minimum Gasteiger partial charge on any atom is -0.404 e. The summed E-state index contributed by atoms with van der Waals surface area (Å²) in [4.78, 5) is 20.1. The molecule has 4 rings (SSSR count). The molecule has 0 radical (unpaired) electrons. The highest BCUT2D eigenvalue weighted by Crippen LogP contribution is 2.25. The van der Waals surface area contributed by atoms with Crippen LogP contribution in [0.4, 0.5) is 0 Å². The maximum absolute atomic E-state index is 12.7. The molecule has 0 atom stereocenters. The van der Waals surface area contributed by atoms with Gasteiger partial charge in [-0.15, -0.1) is 0 Å². The summed E-state index contributed by atoms with van der Waals surface area (Å²) in [6.45, 7) is 8.60. The maximum atomic E-state index is 12.7. The van der Waals surface area contributed by atoms with E-state index >= 15 is 0 Å².